The molecule has 206 valence electrons. The van der Waals surface area contributed by atoms with Gasteiger partial charge in [0.15, 0.2) is 17.5 Å². The van der Waals surface area contributed by atoms with Gasteiger partial charge in [-0.05, 0) is 41.5 Å². The molecule has 9 rings (SSSR count). The molecule has 6 aromatic carbocycles. The van der Waals surface area contributed by atoms with Gasteiger partial charge in [0, 0.05) is 44.3 Å². The van der Waals surface area contributed by atoms with E-state index in [1.165, 1.54) is 0 Å². The van der Waals surface area contributed by atoms with Crippen LogP contribution in [0.1, 0.15) is 0 Å². The fourth-order valence-corrected chi connectivity index (χ4v) is 5.95. The number of aromatic nitrogens is 3. The van der Waals surface area contributed by atoms with E-state index in [0.717, 1.165) is 71.7 Å². The molecular formula is C39H23N3O2. The molecule has 3 aromatic heterocycles. The van der Waals surface area contributed by atoms with Crippen molar-refractivity contribution in [2.45, 2.75) is 0 Å². The lowest BCUT2D eigenvalue weighted by Gasteiger charge is -2.09. The number of hydrogen-bond donors (Lipinski definition) is 0. The Morgan fingerprint density at radius 3 is 1.50 bits per heavy atom. The van der Waals surface area contributed by atoms with E-state index in [1.54, 1.807) is 0 Å². The largest absolute Gasteiger partial charge is 0.456 e. The molecule has 0 radical (unpaired) electrons. The van der Waals surface area contributed by atoms with Crippen LogP contribution in [0.25, 0.3) is 89.2 Å². The van der Waals surface area contributed by atoms with Gasteiger partial charge in [-0.2, -0.15) is 0 Å². The average Bonchev–Trinajstić information content (AvgIpc) is 3.64. The predicted octanol–water partition coefficient (Wildman–Crippen LogP) is 10.3. The van der Waals surface area contributed by atoms with Crippen LogP contribution in [-0.2, 0) is 0 Å². The third kappa shape index (κ3) is 4.06. The quantitative estimate of drug-likeness (QED) is 0.212. The SMILES string of the molecule is c1ccc(-c2nc(-c3ccccc3)nc(-c3cccc(-c4ccc5c(c4)oc4cc6oc7ccccc7c6cc45)c3)n2)cc1. The van der Waals surface area contributed by atoms with E-state index in [9.17, 15) is 0 Å². The molecule has 5 nitrogen and oxygen atoms in total. The van der Waals surface area contributed by atoms with Crippen molar-refractivity contribution in [1.29, 1.82) is 0 Å². The first-order chi connectivity index (χ1) is 21.8. The molecule has 9 aromatic rings. The highest BCUT2D eigenvalue weighted by Crippen LogP contribution is 2.38. The molecule has 0 bridgehead atoms. The Morgan fingerprint density at radius 2 is 0.795 bits per heavy atom. The van der Waals surface area contributed by atoms with E-state index in [0.29, 0.717) is 17.5 Å². The van der Waals surface area contributed by atoms with Crippen LogP contribution in [0.15, 0.2) is 148 Å². The standard InChI is InChI=1S/C39H23N3O2/c1-3-10-24(11-4-1)37-40-38(25-12-5-2-6-13-25)42-39(41-37)28-15-9-14-26(20-28)27-18-19-30-32-22-31-29-16-7-8-17-33(29)43-35(31)23-36(32)44-34(30)21-27/h1-23H. The zero-order valence-corrected chi connectivity index (χ0v) is 23.4. The number of furan rings is 2. The van der Waals surface area contributed by atoms with Gasteiger partial charge in [-0.3, -0.25) is 0 Å². The molecule has 0 aliphatic heterocycles. The fourth-order valence-electron chi connectivity index (χ4n) is 5.95. The molecule has 0 aliphatic carbocycles. The second-order valence-corrected chi connectivity index (χ2v) is 10.9. The monoisotopic (exact) mass is 565 g/mol. The van der Waals surface area contributed by atoms with Crippen LogP contribution in [-0.4, -0.2) is 15.0 Å². The summed E-state index contributed by atoms with van der Waals surface area (Å²) in [4.78, 5) is 14.6. The van der Waals surface area contributed by atoms with E-state index in [-0.39, 0.29) is 0 Å². The summed E-state index contributed by atoms with van der Waals surface area (Å²) in [6.07, 6.45) is 0. The summed E-state index contributed by atoms with van der Waals surface area (Å²) in [7, 11) is 0. The first-order valence-corrected chi connectivity index (χ1v) is 14.5. The molecule has 0 atom stereocenters. The number of para-hydroxylation sites is 1. The van der Waals surface area contributed by atoms with Crippen molar-refractivity contribution in [3.8, 4) is 45.3 Å². The molecule has 0 spiro atoms. The Kier molecular flexibility index (Phi) is 5.43. The van der Waals surface area contributed by atoms with Crippen molar-refractivity contribution in [2.75, 3.05) is 0 Å². The molecule has 0 amide bonds. The maximum absolute atomic E-state index is 6.37. The average molecular weight is 566 g/mol. The number of fused-ring (bicyclic) bond motifs is 6. The van der Waals surface area contributed by atoms with E-state index < -0.39 is 0 Å². The number of hydrogen-bond acceptors (Lipinski definition) is 5. The molecule has 5 heteroatoms. The van der Waals surface area contributed by atoms with Gasteiger partial charge < -0.3 is 8.83 Å². The normalized spacial score (nSPS) is 11.6. The van der Waals surface area contributed by atoms with E-state index >= 15 is 0 Å². The highest BCUT2D eigenvalue weighted by Gasteiger charge is 2.15. The van der Waals surface area contributed by atoms with Crippen molar-refractivity contribution in [3.05, 3.63) is 140 Å². The Labute approximate surface area is 252 Å². The predicted molar refractivity (Wildman–Crippen MR) is 176 cm³/mol. The Balaban J connectivity index is 1.15. The second kappa shape index (κ2) is 9.75. The highest BCUT2D eigenvalue weighted by molar-refractivity contribution is 6.15. The summed E-state index contributed by atoms with van der Waals surface area (Å²) >= 11 is 0. The molecule has 0 saturated heterocycles. The van der Waals surface area contributed by atoms with Gasteiger partial charge in [0.1, 0.15) is 22.3 Å². The minimum atomic E-state index is 0.624. The Hall–Kier alpha value is -6.07. The van der Waals surface area contributed by atoms with Crippen LogP contribution in [0.2, 0.25) is 0 Å². The molecule has 0 N–H and O–H groups in total. The molecule has 0 unspecified atom stereocenters. The van der Waals surface area contributed by atoms with Crippen LogP contribution in [0.4, 0.5) is 0 Å². The first kappa shape index (κ1) is 24.5. The summed E-state index contributed by atoms with van der Waals surface area (Å²) in [6.45, 7) is 0. The van der Waals surface area contributed by atoms with Crippen LogP contribution in [0.5, 0.6) is 0 Å². The topological polar surface area (TPSA) is 65.0 Å². The van der Waals surface area contributed by atoms with Crippen LogP contribution in [0, 0.1) is 0 Å². The lowest BCUT2D eigenvalue weighted by atomic mass is 10.0. The summed E-state index contributed by atoms with van der Waals surface area (Å²) in [5.74, 6) is 1.91. The van der Waals surface area contributed by atoms with Gasteiger partial charge in [-0.25, -0.2) is 15.0 Å². The Morgan fingerprint density at radius 1 is 0.295 bits per heavy atom. The highest BCUT2D eigenvalue weighted by atomic mass is 16.3. The van der Waals surface area contributed by atoms with Crippen molar-refractivity contribution >= 4 is 43.9 Å². The van der Waals surface area contributed by atoms with Crippen molar-refractivity contribution in [1.82, 2.24) is 15.0 Å². The minimum Gasteiger partial charge on any atom is -0.456 e. The maximum Gasteiger partial charge on any atom is 0.164 e. The molecular weight excluding hydrogens is 542 g/mol. The summed E-state index contributed by atoms with van der Waals surface area (Å²) in [6, 6.07) is 47.1. The van der Waals surface area contributed by atoms with Crippen LogP contribution in [0.3, 0.4) is 0 Å². The van der Waals surface area contributed by atoms with Crippen LogP contribution >= 0.6 is 0 Å². The van der Waals surface area contributed by atoms with Crippen LogP contribution < -0.4 is 0 Å². The third-order valence-electron chi connectivity index (χ3n) is 8.12. The van der Waals surface area contributed by atoms with Crippen molar-refractivity contribution in [3.63, 3.8) is 0 Å². The minimum absolute atomic E-state index is 0.624. The number of benzene rings is 6. The second-order valence-electron chi connectivity index (χ2n) is 10.9. The fraction of sp³-hybridized carbons (Fsp3) is 0. The van der Waals surface area contributed by atoms with Gasteiger partial charge in [0.2, 0.25) is 0 Å². The Bertz CT molecular complexity index is 2440. The van der Waals surface area contributed by atoms with Gasteiger partial charge in [-0.15, -0.1) is 0 Å². The lowest BCUT2D eigenvalue weighted by molar-refractivity contribution is 0.656. The smallest absolute Gasteiger partial charge is 0.164 e. The van der Waals surface area contributed by atoms with Crippen molar-refractivity contribution in [2.24, 2.45) is 0 Å². The zero-order chi connectivity index (χ0) is 29.0. The molecule has 3 heterocycles. The van der Waals surface area contributed by atoms with E-state index in [2.05, 4.69) is 42.5 Å². The molecule has 0 fully saturated rings. The summed E-state index contributed by atoms with van der Waals surface area (Å²) < 4.78 is 12.5. The lowest BCUT2D eigenvalue weighted by Crippen LogP contribution is -2.00. The van der Waals surface area contributed by atoms with Gasteiger partial charge in [-0.1, -0.05) is 103 Å². The van der Waals surface area contributed by atoms with E-state index in [1.807, 2.05) is 97.1 Å². The van der Waals surface area contributed by atoms with Gasteiger partial charge >= 0.3 is 0 Å². The van der Waals surface area contributed by atoms with Gasteiger partial charge in [0.05, 0.1) is 0 Å². The zero-order valence-electron chi connectivity index (χ0n) is 23.4. The van der Waals surface area contributed by atoms with Crippen molar-refractivity contribution < 1.29 is 8.83 Å². The molecule has 0 aliphatic rings. The third-order valence-corrected chi connectivity index (χ3v) is 8.12. The molecule has 44 heavy (non-hydrogen) atoms. The number of rotatable bonds is 4. The molecule has 0 saturated carbocycles. The maximum atomic E-state index is 6.37. The number of nitrogens with zero attached hydrogens (tertiary/aromatic N) is 3. The van der Waals surface area contributed by atoms with E-state index in [4.69, 9.17) is 23.8 Å². The first-order valence-electron chi connectivity index (χ1n) is 14.5. The summed E-state index contributed by atoms with van der Waals surface area (Å²) in [5.41, 5.74) is 8.25. The van der Waals surface area contributed by atoms with Gasteiger partial charge in [0.25, 0.3) is 0 Å². The summed E-state index contributed by atoms with van der Waals surface area (Å²) in [5, 5.41) is 4.35.